The Bertz CT molecular complexity index is 622. The molecule has 0 unspecified atom stereocenters. The number of nitrogens with one attached hydrogen (secondary N) is 2. The minimum atomic E-state index is 0.692. The van der Waals surface area contributed by atoms with Gasteiger partial charge in [0.2, 0.25) is 0 Å². The lowest BCUT2D eigenvalue weighted by Crippen LogP contribution is -2.28. The Morgan fingerprint density at radius 1 is 0.952 bits per heavy atom. The Hall–Kier alpha value is -1.87. The molecule has 2 aromatic carbocycles. The lowest BCUT2D eigenvalue weighted by Gasteiger charge is -2.20. The molecule has 1 aliphatic rings. The summed E-state index contributed by atoms with van der Waals surface area (Å²) in [5.41, 5.74) is 5.30. The maximum absolute atomic E-state index is 5.42. The quantitative estimate of drug-likeness (QED) is 0.836. The molecule has 21 heavy (non-hydrogen) atoms. The van der Waals surface area contributed by atoms with Crippen LogP contribution in [-0.2, 0) is 19.4 Å². The molecule has 0 saturated carbocycles. The van der Waals surface area contributed by atoms with Crippen LogP contribution in [0.3, 0.4) is 0 Å². The van der Waals surface area contributed by atoms with Crippen LogP contribution in [0.15, 0.2) is 48.5 Å². The summed E-state index contributed by atoms with van der Waals surface area (Å²) in [7, 11) is 0. The monoisotopic (exact) mass is 296 g/mol. The lowest BCUT2D eigenvalue weighted by atomic mass is 9.90. The predicted molar refractivity (Wildman–Crippen MR) is 92.6 cm³/mol. The molecule has 2 N–H and O–H groups in total. The Labute approximate surface area is 131 Å². The minimum Gasteiger partial charge on any atom is -0.358 e. The molecule has 1 aliphatic carbocycles. The van der Waals surface area contributed by atoms with E-state index in [1.54, 1.807) is 0 Å². The van der Waals surface area contributed by atoms with Crippen LogP contribution in [0.5, 0.6) is 0 Å². The first-order valence-corrected chi connectivity index (χ1v) is 7.93. The summed E-state index contributed by atoms with van der Waals surface area (Å²) in [6.07, 6.45) is 4.91. The number of rotatable bonds is 3. The second-order valence-corrected chi connectivity index (χ2v) is 5.85. The van der Waals surface area contributed by atoms with Crippen LogP contribution < -0.4 is 10.6 Å². The summed E-state index contributed by atoms with van der Waals surface area (Å²) in [6.45, 7) is 0.752. The zero-order valence-corrected chi connectivity index (χ0v) is 12.9. The average Bonchev–Trinajstić information content (AvgIpc) is 2.54. The van der Waals surface area contributed by atoms with E-state index in [2.05, 4.69) is 41.0 Å². The Kier molecular flexibility index (Phi) is 4.51. The van der Waals surface area contributed by atoms with Gasteiger partial charge < -0.3 is 10.6 Å². The standard InChI is InChI=1S/C18H20N2S/c21-18(19-13-14-7-2-1-3-8-14)20-17-12-6-10-15-9-4-5-11-16(15)17/h1-3,6-8,10,12H,4-5,9,11,13H2,(H2,19,20,21). The molecule has 108 valence electrons. The van der Waals surface area contributed by atoms with Crippen molar-refractivity contribution in [3.63, 3.8) is 0 Å². The number of benzene rings is 2. The molecule has 3 rings (SSSR count). The summed E-state index contributed by atoms with van der Waals surface area (Å²) in [5, 5.41) is 7.33. The van der Waals surface area contributed by atoms with Crippen molar-refractivity contribution in [3.8, 4) is 0 Å². The Balaban J connectivity index is 1.63. The van der Waals surface area contributed by atoms with Crippen molar-refractivity contribution in [2.45, 2.75) is 32.2 Å². The zero-order chi connectivity index (χ0) is 14.5. The molecule has 0 heterocycles. The van der Waals surface area contributed by atoms with E-state index in [-0.39, 0.29) is 0 Å². The van der Waals surface area contributed by atoms with Crippen LogP contribution in [0.4, 0.5) is 5.69 Å². The molecule has 3 heteroatoms. The number of anilines is 1. The van der Waals surface area contributed by atoms with E-state index in [1.165, 1.54) is 36.0 Å². The SMILES string of the molecule is S=C(NCc1ccccc1)Nc1cccc2c1CCCC2. The second-order valence-electron chi connectivity index (χ2n) is 5.44. The lowest BCUT2D eigenvalue weighted by molar-refractivity contribution is 0.687. The van der Waals surface area contributed by atoms with Crippen molar-refractivity contribution < 1.29 is 0 Å². The summed E-state index contributed by atoms with van der Waals surface area (Å²) < 4.78 is 0. The molecule has 2 aromatic rings. The van der Waals surface area contributed by atoms with E-state index in [1.807, 2.05) is 18.2 Å². The molecule has 0 radical (unpaired) electrons. The van der Waals surface area contributed by atoms with Crippen molar-refractivity contribution in [1.82, 2.24) is 5.32 Å². The zero-order valence-electron chi connectivity index (χ0n) is 12.1. The fourth-order valence-corrected chi connectivity index (χ4v) is 3.03. The summed E-state index contributed by atoms with van der Waals surface area (Å²) >= 11 is 5.42. The average molecular weight is 296 g/mol. The molecule has 0 aromatic heterocycles. The first kappa shape index (κ1) is 14.1. The van der Waals surface area contributed by atoms with E-state index < -0.39 is 0 Å². The smallest absolute Gasteiger partial charge is 0.171 e. The molecule has 0 aliphatic heterocycles. The van der Waals surface area contributed by atoms with Crippen molar-refractivity contribution in [2.75, 3.05) is 5.32 Å². The predicted octanol–water partition coefficient (Wildman–Crippen LogP) is 4.05. The molecule has 0 atom stereocenters. The van der Waals surface area contributed by atoms with E-state index in [0.29, 0.717) is 5.11 Å². The molecular weight excluding hydrogens is 276 g/mol. The molecular formula is C18H20N2S. The van der Waals surface area contributed by atoms with Gasteiger partial charge in [-0.05, 0) is 60.7 Å². The van der Waals surface area contributed by atoms with Gasteiger partial charge in [-0.2, -0.15) is 0 Å². The topological polar surface area (TPSA) is 24.1 Å². The van der Waals surface area contributed by atoms with Crippen molar-refractivity contribution in [1.29, 1.82) is 0 Å². The largest absolute Gasteiger partial charge is 0.358 e. The highest BCUT2D eigenvalue weighted by Gasteiger charge is 2.13. The number of hydrogen-bond donors (Lipinski definition) is 2. The first-order valence-electron chi connectivity index (χ1n) is 7.52. The molecule has 0 saturated heterocycles. The van der Waals surface area contributed by atoms with Gasteiger partial charge in [0.1, 0.15) is 0 Å². The summed E-state index contributed by atoms with van der Waals surface area (Å²) in [4.78, 5) is 0. The fraction of sp³-hybridized carbons (Fsp3) is 0.278. The summed E-state index contributed by atoms with van der Waals surface area (Å²) in [6, 6.07) is 16.8. The van der Waals surface area contributed by atoms with Gasteiger partial charge in [0.25, 0.3) is 0 Å². The van der Waals surface area contributed by atoms with Crippen LogP contribution in [0.25, 0.3) is 0 Å². The van der Waals surface area contributed by atoms with Gasteiger partial charge in [0.05, 0.1) is 0 Å². The van der Waals surface area contributed by atoms with Gasteiger partial charge in [0, 0.05) is 12.2 Å². The molecule has 0 fully saturated rings. The van der Waals surface area contributed by atoms with E-state index in [9.17, 15) is 0 Å². The van der Waals surface area contributed by atoms with Crippen LogP contribution in [0.1, 0.15) is 29.5 Å². The summed E-state index contributed by atoms with van der Waals surface area (Å²) in [5.74, 6) is 0. The van der Waals surface area contributed by atoms with Gasteiger partial charge in [-0.15, -0.1) is 0 Å². The third kappa shape index (κ3) is 3.61. The minimum absolute atomic E-state index is 0.692. The fourth-order valence-electron chi connectivity index (χ4n) is 2.84. The van der Waals surface area contributed by atoms with Crippen LogP contribution >= 0.6 is 12.2 Å². The van der Waals surface area contributed by atoms with E-state index in [4.69, 9.17) is 12.2 Å². The van der Waals surface area contributed by atoms with E-state index >= 15 is 0 Å². The van der Waals surface area contributed by atoms with Crippen molar-refractivity contribution in [3.05, 3.63) is 65.2 Å². The number of hydrogen-bond acceptors (Lipinski definition) is 1. The Morgan fingerprint density at radius 2 is 1.76 bits per heavy atom. The highest BCUT2D eigenvalue weighted by atomic mass is 32.1. The van der Waals surface area contributed by atoms with Crippen LogP contribution in [0, 0.1) is 0 Å². The number of thiocarbonyl (C=S) groups is 1. The highest BCUT2D eigenvalue weighted by molar-refractivity contribution is 7.80. The molecule has 2 nitrogen and oxygen atoms in total. The van der Waals surface area contributed by atoms with Crippen LogP contribution in [0.2, 0.25) is 0 Å². The van der Waals surface area contributed by atoms with Crippen molar-refractivity contribution in [2.24, 2.45) is 0 Å². The van der Waals surface area contributed by atoms with Gasteiger partial charge in [-0.25, -0.2) is 0 Å². The molecule has 0 spiro atoms. The number of fused-ring (bicyclic) bond motifs is 1. The maximum atomic E-state index is 5.42. The molecule has 0 amide bonds. The van der Waals surface area contributed by atoms with Gasteiger partial charge in [0.15, 0.2) is 5.11 Å². The van der Waals surface area contributed by atoms with Gasteiger partial charge in [-0.1, -0.05) is 42.5 Å². The maximum Gasteiger partial charge on any atom is 0.171 e. The Morgan fingerprint density at radius 3 is 2.62 bits per heavy atom. The van der Waals surface area contributed by atoms with Gasteiger partial charge >= 0.3 is 0 Å². The van der Waals surface area contributed by atoms with Crippen molar-refractivity contribution >= 4 is 23.0 Å². The molecule has 0 bridgehead atoms. The third-order valence-corrected chi connectivity index (χ3v) is 4.19. The van der Waals surface area contributed by atoms with E-state index in [0.717, 1.165) is 18.7 Å². The van der Waals surface area contributed by atoms with Crippen LogP contribution in [-0.4, -0.2) is 5.11 Å². The third-order valence-electron chi connectivity index (χ3n) is 3.94. The normalized spacial score (nSPS) is 13.3. The highest BCUT2D eigenvalue weighted by Crippen LogP contribution is 2.27. The number of aryl methyl sites for hydroxylation is 1. The first-order chi connectivity index (χ1) is 10.3. The second kappa shape index (κ2) is 6.72. The van der Waals surface area contributed by atoms with Gasteiger partial charge in [-0.3, -0.25) is 0 Å².